The van der Waals surface area contributed by atoms with Crippen LogP contribution in [0.1, 0.15) is 10.4 Å². The SMILES string of the molecule is O=C(CS(=O)c1ccc(Br)cc1)c1ccc(Cl)cc1Cl. The molecule has 104 valence electrons. The van der Waals surface area contributed by atoms with E-state index in [0.29, 0.717) is 15.5 Å². The Morgan fingerprint density at radius 2 is 1.75 bits per heavy atom. The van der Waals surface area contributed by atoms with Gasteiger partial charge in [0.15, 0.2) is 5.78 Å². The Kier molecular flexibility index (Phi) is 5.38. The summed E-state index contributed by atoms with van der Waals surface area (Å²) in [5.41, 5.74) is 0.335. The molecule has 0 fully saturated rings. The molecule has 0 bridgehead atoms. The largest absolute Gasteiger partial charge is 0.293 e. The van der Waals surface area contributed by atoms with Crippen molar-refractivity contribution in [2.45, 2.75) is 4.90 Å². The number of ketones is 1. The van der Waals surface area contributed by atoms with Crippen molar-refractivity contribution in [1.82, 2.24) is 0 Å². The monoisotopic (exact) mass is 390 g/mol. The Morgan fingerprint density at radius 1 is 1.10 bits per heavy atom. The summed E-state index contributed by atoms with van der Waals surface area (Å²) in [7, 11) is -1.40. The standard InChI is InChI=1S/C14H9BrCl2O2S/c15-9-1-4-11(5-2-9)20(19)8-14(18)12-6-3-10(16)7-13(12)17/h1-7H,8H2. The molecule has 20 heavy (non-hydrogen) atoms. The number of carbonyl (C=O) groups is 1. The normalized spacial score (nSPS) is 12.2. The predicted molar refractivity (Wildman–Crippen MR) is 86.2 cm³/mol. The number of rotatable bonds is 4. The third-order valence-corrected chi connectivity index (χ3v) is 4.97. The smallest absolute Gasteiger partial charge is 0.177 e. The zero-order valence-corrected chi connectivity index (χ0v) is 14.0. The molecule has 0 saturated heterocycles. The van der Waals surface area contributed by atoms with Gasteiger partial charge in [-0.25, -0.2) is 0 Å². The summed E-state index contributed by atoms with van der Waals surface area (Å²) >= 11 is 15.0. The molecule has 0 saturated carbocycles. The van der Waals surface area contributed by atoms with Gasteiger partial charge in [-0.05, 0) is 42.5 Å². The number of carbonyl (C=O) groups excluding carboxylic acids is 1. The van der Waals surface area contributed by atoms with E-state index < -0.39 is 10.8 Å². The first-order chi connectivity index (χ1) is 9.47. The Labute approximate surface area is 137 Å². The molecule has 0 N–H and O–H groups in total. The molecule has 2 aromatic rings. The van der Waals surface area contributed by atoms with E-state index in [2.05, 4.69) is 15.9 Å². The van der Waals surface area contributed by atoms with Crippen molar-refractivity contribution < 1.29 is 9.00 Å². The maximum atomic E-state index is 12.1. The Bertz CT molecular complexity index is 671. The molecule has 6 heteroatoms. The van der Waals surface area contributed by atoms with Gasteiger partial charge in [-0.15, -0.1) is 0 Å². The number of hydrogen-bond donors (Lipinski definition) is 0. The molecule has 2 rings (SSSR count). The van der Waals surface area contributed by atoms with E-state index in [1.807, 2.05) is 0 Å². The lowest BCUT2D eigenvalue weighted by Crippen LogP contribution is -2.11. The van der Waals surface area contributed by atoms with Gasteiger partial charge in [0.1, 0.15) is 0 Å². The maximum Gasteiger partial charge on any atom is 0.177 e. The first-order valence-electron chi connectivity index (χ1n) is 5.59. The molecule has 1 atom stereocenters. The highest BCUT2D eigenvalue weighted by molar-refractivity contribution is 9.10. The van der Waals surface area contributed by atoms with Crippen LogP contribution < -0.4 is 0 Å². The highest BCUT2D eigenvalue weighted by atomic mass is 79.9. The first kappa shape index (κ1) is 15.7. The second-order valence-corrected chi connectivity index (χ2v) is 7.20. The van der Waals surface area contributed by atoms with Crippen molar-refractivity contribution >= 4 is 55.7 Å². The minimum atomic E-state index is -1.40. The van der Waals surface area contributed by atoms with Crippen LogP contribution in [0.3, 0.4) is 0 Å². The zero-order valence-electron chi connectivity index (χ0n) is 10.1. The number of Topliss-reactive ketones (excluding diaryl/α,β-unsaturated/α-hetero) is 1. The van der Waals surface area contributed by atoms with Crippen LogP contribution in [-0.2, 0) is 10.8 Å². The fourth-order valence-electron chi connectivity index (χ4n) is 1.58. The summed E-state index contributed by atoms with van der Waals surface area (Å²) in [6, 6.07) is 11.6. The molecule has 1 unspecified atom stereocenters. The topological polar surface area (TPSA) is 34.1 Å². The molecule has 0 spiro atoms. The van der Waals surface area contributed by atoms with E-state index in [1.165, 1.54) is 6.07 Å². The van der Waals surface area contributed by atoms with Crippen LogP contribution in [0.4, 0.5) is 0 Å². The number of halogens is 3. The molecule has 0 aliphatic heterocycles. The summed E-state index contributed by atoms with van der Waals surface area (Å²) in [5.74, 6) is -0.379. The van der Waals surface area contributed by atoms with E-state index in [4.69, 9.17) is 23.2 Å². The third-order valence-electron chi connectivity index (χ3n) is 2.57. The molecule has 0 amide bonds. The summed E-state index contributed by atoms with van der Waals surface area (Å²) < 4.78 is 13.0. The lowest BCUT2D eigenvalue weighted by atomic mass is 10.1. The van der Waals surface area contributed by atoms with Gasteiger partial charge in [-0.2, -0.15) is 0 Å². The molecule has 0 aliphatic carbocycles. The van der Waals surface area contributed by atoms with Gasteiger partial charge >= 0.3 is 0 Å². The fourth-order valence-corrected chi connectivity index (χ4v) is 3.36. The van der Waals surface area contributed by atoms with Crippen LogP contribution >= 0.6 is 39.1 Å². The van der Waals surface area contributed by atoms with E-state index >= 15 is 0 Å². The third kappa shape index (κ3) is 3.92. The van der Waals surface area contributed by atoms with Crippen molar-refractivity contribution in [1.29, 1.82) is 0 Å². The van der Waals surface area contributed by atoms with Crippen LogP contribution in [-0.4, -0.2) is 15.7 Å². The minimum Gasteiger partial charge on any atom is -0.293 e. The van der Waals surface area contributed by atoms with Crippen LogP contribution in [0.15, 0.2) is 51.8 Å². The van der Waals surface area contributed by atoms with Gasteiger partial charge in [0.05, 0.1) is 21.6 Å². The average Bonchev–Trinajstić information content (AvgIpc) is 2.39. The van der Waals surface area contributed by atoms with E-state index in [0.717, 1.165) is 4.47 Å². The van der Waals surface area contributed by atoms with Crippen molar-refractivity contribution in [3.05, 3.63) is 62.5 Å². The van der Waals surface area contributed by atoms with Crippen molar-refractivity contribution in [2.24, 2.45) is 0 Å². The van der Waals surface area contributed by atoms with Crippen molar-refractivity contribution in [3.63, 3.8) is 0 Å². The van der Waals surface area contributed by atoms with Crippen LogP contribution in [0.25, 0.3) is 0 Å². The number of hydrogen-bond acceptors (Lipinski definition) is 2. The molecule has 2 nitrogen and oxygen atoms in total. The molecule has 0 aromatic heterocycles. The lowest BCUT2D eigenvalue weighted by Gasteiger charge is -2.05. The highest BCUT2D eigenvalue weighted by Gasteiger charge is 2.15. The van der Waals surface area contributed by atoms with Gasteiger partial charge in [0, 0.05) is 20.0 Å². The summed E-state index contributed by atoms with van der Waals surface area (Å²) in [4.78, 5) is 12.7. The van der Waals surface area contributed by atoms with Gasteiger partial charge in [-0.3, -0.25) is 9.00 Å². The Balaban J connectivity index is 2.15. The van der Waals surface area contributed by atoms with Crippen LogP contribution in [0.5, 0.6) is 0 Å². The highest BCUT2D eigenvalue weighted by Crippen LogP contribution is 2.22. The molecular formula is C14H9BrCl2O2S. The molecular weight excluding hydrogens is 383 g/mol. The summed E-state index contributed by atoms with van der Waals surface area (Å²) in [6.45, 7) is 0. The van der Waals surface area contributed by atoms with E-state index in [1.54, 1.807) is 36.4 Å². The lowest BCUT2D eigenvalue weighted by molar-refractivity contribution is 0.102. The van der Waals surface area contributed by atoms with Gasteiger partial charge < -0.3 is 0 Å². The molecule has 0 aliphatic rings. The quantitative estimate of drug-likeness (QED) is 0.705. The van der Waals surface area contributed by atoms with Crippen molar-refractivity contribution in [2.75, 3.05) is 5.75 Å². The molecule has 0 radical (unpaired) electrons. The Hall–Kier alpha value is -0.680. The first-order valence-corrected chi connectivity index (χ1v) is 8.46. The average molecular weight is 392 g/mol. The van der Waals surface area contributed by atoms with Crippen LogP contribution in [0.2, 0.25) is 10.0 Å². The summed E-state index contributed by atoms with van der Waals surface area (Å²) in [6.07, 6.45) is 0. The maximum absolute atomic E-state index is 12.1. The van der Waals surface area contributed by atoms with E-state index in [9.17, 15) is 9.00 Å². The molecule has 2 aromatic carbocycles. The van der Waals surface area contributed by atoms with Crippen LogP contribution in [0, 0.1) is 0 Å². The second-order valence-electron chi connectivity index (χ2n) is 3.99. The second kappa shape index (κ2) is 6.85. The molecule has 0 heterocycles. The Morgan fingerprint density at radius 3 is 2.35 bits per heavy atom. The van der Waals surface area contributed by atoms with Gasteiger partial charge in [0.2, 0.25) is 0 Å². The zero-order chi connectivity index (χ0) is 14.7. The number of benzene rings is 2. The predicted octanol–water partition coefficient (Wildman–Crippen LogP) is 4.75. The van der Waals surface area contributed by atoms with E-state index in [-0.39, 0.29) is 16.6 Å². The van der Waals surface area contributed by atoms with Gasteiger partial charge in [0.25, 0.3) is 0 Å². The van der Waals surface area contributed by atoms with Gasteiger partial charge in [-0.1, -0.05) is 39.1 Å². The fraction of sp³-hybridized carbons (Fsp3) is 0.0714. The minimum absolute atomic E-state index is 0.108. The summed E-state index contributed by atoms with van der Waals surface area (Å²) in [5, 5.41) is 0.732. The van der Waals surface area contributed by atoms with Crippen molar-refractivity contribution in [3.8, 4) is 0 Å².